The van der Waals surface area contributed by atoms with Crippen LogP contribution in [0, 0.1) is 17.8 Å². The van der Waals surface area contributed by atoms with Crippen molar-refractivity contribution in [3.05, 3.63) is 29.3 Å². The predicted molar refractivity (Wildman–Crippen MR) is 89.9 cm³/mol. The number of aliphatic hydroxyl groups excluding tert-OH is 2. The molecule has 0 fully saturated rings. The minimum atomic E-state index is -0.483. The third kappa shape index (κ3) is 4.02. The van der Waals surface area contributed by atoms with E-state index in [0.717, 1.165) is 5.56 Å². The van der Waals surface area contributed by atoms with Gasteiger partial charge in [-0.15, -0.1) is 0 Å². The van der Waals surface area contributed by atoms with Gasteiger partial charge in [-0.25, -0.2) is 0 Å². The maximum absolute atomic E-state index is 12.4. The summed E-state index contributed by atoms with van der Waals surface area (Å²) in [4.78, 5) is 24.4. The molecule has 132 valence electrons. The Kier molecular flexibility index (Phi) is 6.52. The van der Waals surface area contributed by atoms with Gasteiger partial charge in [-0.1, -0.05) is 19.1 Å². The molecule has 1 aliphatic carbocycles. The van der Waals surface area contributed by atoms with E-state index in [0.29, 0.717) is 37.7 Å². The number of carbonyl (C=O) groups is 2. The summed E-state index contributed by atoms with van der Waals surface area (Å²) in [5.74, 6) is -0.619. The van der Waals surface area contributed by atoms with E-state index in [1.807, 2.05) is 6.07 Å². The van der Waals surface area contributed by atoms with Crippen LogP contribution in [0.3, 0.4) is 0 Å². The summed E-state index contributed by atoms with van der Waals surface area (Å²) in [5.41, 5.74) is 1.25. The maximum atomic E-state index is 12.4. The number of hydrogen-bond acceptors (Lipinski definition) is 5. The van der Waals surface area contributed by atoms with E-state index < -0.39 is 5.92 Å². The van der Waals surface area contributed by atoms with Crippen LogP contribution in [0.25, 0.3) is 0 Å². The average molecular weight is 334 g/mol. The highest BCUT2D eigenvalue weighted by molar-refractivity contribution is 6.01. The molecule has 1 aromatic carbocycles. The lowest BCUT2D eigenvalue weighted by atomic mass is 9.74. The quantitative estimate of drug-likeness (QED) is 0.677. The Labute approximate surface area is 142 Å². The predicted octanol–water partition coefficient (Wildman–Crippen LogP) is 2.11. The number of ketones is 2. The number of Topliss-reactive ketones (excluding diaryl/α,β-unsaturated/α-hetero) is 2. The van der Waals surface area contributed by atoms with E-state index in [4.69, 9.17) is 0 Å². The first-order valence-electron chi connectivity index (χ1n) is 8.60. The molecular formula is C19H26O5. The molecule has 1 aromatic rings. The third-order valence-corrected chi connectivity index (χ3v) is 5.05. The van der Waals surface area contributed by atoms with Gasteiger partial charge in [0.15, 0.2) is 5.78 Å². The first kappa shape index (κ1) is 18.6. The second kappa shape index (κ2) is 8.40. The zero-order valence-corrected chi connectivity index (χ0v) is 14.1. The van der Waals surface area contributed by atoms with Crippen molar-refractivity contribution in [2.24, 2.45) is 17.8 Å². The van der Waals surface area contributed by atoms with Crippen LogP contribution in [0.4, 0.5) is 0 Å². The minimum Gasteiger partial charge on any atom is -0.507 e. The molecule has 2 rings (SSSR count). The number of phenolic OH excluding ortho intramolecular Hbond substituents is 1. The van der Waals surface area contributed by atoms with Crippen LogP contribution < -0.4 is 0 Å². The van der Waals surface area contributed by atoms with E-state index in [-0.39, 0.29) is 42.4 Å². The van der Waals surface area contributed by atoms with Gasteiger partial charge >= 0.3 is 0 Å². The third-order valence-electron chi connectivity index (χ3n) is 5.05. The van der Waals surface area contributed by atoms with Gasteiger partial charge in [-0.05, 0) is 42.7 Å². The largest absolute Gasteiger partial charge is 0.507 e. The van der Waals surface area contributed by atoms with Crippen LogP contribution in [0.15, 0.2) is 18.2 Å². The molecule has 1 aliphatic rings. The van der Waals surface area contributed by atoms with Crippen LogP contribution in [0.2, 0.25) is 0 Å². The SMILES string of the molecule is CCC(=O)C(CO)C(CCO)CC1CC(=O)c2c(O)cccc2C1. The van der Waals surface area contributed by atoms with Crippen LogP contribution >= 0.6 is 0 Å². The molecule has 0 aromatic heterocycles. The number of rotatable bonds is 8. The van der Waals surface area contributed by atoms with Gasteiger partial charge in [-0.2, -0.15) is 0 Å². The lowest BCUT2D eigenvalue weighted by molar-refractivity contribution is -0.126. The summed E-state index contributed by atoms with van der Waals surface area (Å²) >= 11 is 0. The Hall–Kier alpha value is -1.72. The van der Waals surface area contributed by atoms with Gasteiger partial charge in [0.2, 0.25) is 0 Å². The van der Waals surface area contributed by atoms with Gasteiger partial charge in [-0.3, -0.25) is 9.59 Å². The van der Waals surface area contributed by atoms with E-state index >= 15 is 0 Å². The Balaban J connectivity index is 2.16. The molecular weight excluding hydrogens is 308 g/mol. The molecule has 5 nitrogen and oxygen atoms in total. The van der Waals surface area contributed by atoms with Crippen molar-refractivity contribution in [1.82, 2.24) is 0 Å². The second-order valence-electron chi connectivity index (χ2n) is 6.63. The van der Waals surface area contributed by atoms with Crippen molar-refractivity contribution in [2.75, 3.05) is 13.2 Å². The Morgan fingerprint density at radius 2 is 2.04 bits per heavy atom. The van der Waals surface area contributed by atoms with Crippen molar-refractivity contribution >= 4 is 11.6 Å². The number of phenols is 1. The summed E-state index contributed by atoms with van der Waals surface area (Å²) in [5, 5.41) is 28.8. The zero-order chi connectivity index (χ0) is 17.7. The Bertz CT molecular complexity index is 595. The second-order valence-corrected chi connectivity index (χ2v) is 6.63. The highest BCUT2D eigenvalue weighted by Crippen LogP contribution is 2.36. The smallest absolute Gasteiger partial charge is 0.167 e. The van der Waals surface area contributed by atoms with Crippen LogP contribution in [-0.2, 0) is 11.2 Å². The molecule has 0 amide bonds. The lowest BCUT2D eigenvalue weighted by Crippen LogP contribution is -2.31. The van der Waals surface area contributed by atoms with Gasteiger partial charge in [0, 0.05) is 25.4 Å². The van der Waals surface area contributed by atoms with E-state index in [1.165, 1.54) is 6.07 Å². The summed E-state index contributed by atoms with van der Waals surface area (Å²) in [7, 11) is 0. The van der Waals surface area contributed by atoms with Crippen LogP contribution in [0.1, 0.15) is 48.5 Å². The molecule has 3 atom stereocenters. The van der Waals surface area contributed by atoms with Gasteiger partial charge in [0.25, 0.3) is 0 Å². The molecule has 24 heavy (non-hydrogen) atoms. The molecule has 0 heterocycles. The summed E-state index contributed by atoms with van der Waals surface area (Å²) in [6.45, 7) is 1.50. The van der Waals surface area contributed by atoms with Crippen LogP contribution in [-0.4, -0.2) is 40.1 Å². The molecule has 0 saturated carbocycles. The van der Waals surface area contributed by atoms with E-state index in [9.17, 15) is 24.9 Å². The summed E-state index contributed by atoms with van der Waals surface area (Å²) in [6, 6.07) is 5.10. The topological polar surface area (TPSA) is 94.8 Å². The molecule has 0 spiro atoms. The Morgan fingerprint density at radius 1 is 1.29 bits per heavy atom. The monoisotopic (exact) mass is 334 g/mol. The van der Waals surface area contributed by atoms with Crippen molar-refractivity contribution in [3.8, 4) is 5.75 Å². The fraction of sp³-hybridized carbons (Fsp3) is 0.579. The number of benzene rings is 1. The highest BCUT2D eigenvalue weighted by atomic mass is 16.3. The fourth-order valence-electron chi connectivity index (χ4n) is 3.85. The average Bonchev–Trinajstić information content (AvgIpc) is 2.55. The van der Waals surface area contributed by atoms with Gasteiger partial charge in [0.1, 0.15) is 11.5 Å². The molecule has 3 unspecified atom stereocenters. The molecule has 3 N–H and O–H groups in total. The normalized spacial score (nSPS) is 19.6. The zero-order valence-electron chi connectivity index (χ0n) is 14.1. The highest BCUT2D eigenvalue weighted by Gasteiger charge is 2.33. The molecule has 5 heteroatoms. The number of hydrogen-bond donors (Lipinski definition) is 3. The molecule has 0 aliphatic heterocycles. The first-order valence-corrected chi connectivity index (χ1v) is 8.60. The minimum absolute atomic E-state index is 0.00358. The number of aliphatic hydroxyl groups is 2. The first-order chi connectivity index (χ1) is 11.5. The van der Waals surface area contributed by atoms with Crippen molar-refractivity contribution < 1.29 is 24.9 Å². The number of fused-ring (bicyclic) bond motifs is 1. The molecule has 0 saturated heterocycles. The standard InChI is InChI=1S/C19H26O5/c1-2-16(22)15(11-21)13(6-7-20)8-12-9-14-4-3-5-17(23)19(14)18(24)10-12/h3-5,12-13,15,20-21,23H,2,6-11H2,1H3. The Morgan fingerprint density at radius 3 is 2.67 bits per heavy atom. The molecule has 0 radical (unpaired) electrons. The van der Waals surface area contributed by atoms with Crippen molar-refractivity contribution in [2.45, 2.75) is 39.0 Å². The molecule has 0 bridgehead atoms. The van der Waals surface area contributed by atoms with E-state index in [2.05, 4.69) is 0 Å². The number of aromatic hydroxyl groups is 1. The van der Waals surface area contributed by atoms with E-state index in [1.54, 1.807) is 13.0 Å². The maximum Gasteiger partial charge on any atom is 0.167 e. The van der Waals surface area contributed by atoms with Crippen LogP contribution in [0.5, 0.6) is 5.75 Å². The van der Waals surface area contributed by atoms with Gasteiger partial charge < -0.3 is 15.3 Å². The van der Waals surface area contributed by atoms with Crippen molar-refractivity contribution in [3.63, 3.8) is 0 Å². The fourth-order valence-corrected chi connectivity index (χ4v) is 3.85. The summed E-state index contributed by atoms with van der Waals surface area (Å²) < 4.78 is 0. The lowest BCUT2D eigenvalue weighted by Gasteiger charge is -2.30. The number of carbonyl (C=O) groups excluding carboxylic acids is 2. The summed E-state index contributed by atoms with van der Waals surface area (Å²) in [6.07, 6.45) is 2.39. The van der Waals surface area contributed by atoms with Crippen molar-refractivity contribution in [1.29, 1.82) is 0 Å². The van der Waals surface area contributed by atoms with Gasteiger partial charge in [0.05, 0.1) is 12.2 Å².